The van der Waals surface area contributed by atoms with Crippen LogP contribution in [0.1, 0.15) is 24.0 Å². The highest BCUT2D eigenvalue weighted by Gasteiger charge is 2.49. The van der Waals surface area contributed by atoms with Crippen LogP contribution >= 0.6 is 0 Å². The summed E-state index contributed by atoms with van der Waals surface area (Å²) in [5, 5.41) is 0. The van der Waals surface area contributed by atoms with Gasteiger partial charge in [-0.2, -0.15) is 21.6 Å². The number of ether oxygens (including phenoxy) is 2. The fraction of sp³-hybridized carbons (Fsp3) is 0.444. The molecule has 0 bridgehead atoms. The van der Waals surface area contributed by atoms with Crippen molar-refractivity contribution < 1.29 is 35.2 Å². The van der Waals surface area contributed by atoms with Gasteiger partial charge in [0, 0.05) is 18.1 Å². The molecule has 0 saturated heterocycles. The number of hydrogen-bond acceptors (Lipinski definition) is 5. The van der Waals surface area contributed by atoms with Crippen LogP contribution in [0.4, 0.5) is 13.2 Å². The first-order valence-electron chi connectivity index (χ1n) is 8.29. The second kappa shape index (κ2) is 7.10. The Bertz CT molecular complexity index is 900. The Morgan fingerprint density at radius 1 is 1.15 bits per heavy atom. The Balaban J connectivity index is 1.90. The highest BCUT2D eigenvalue weighted by atomic mass is 32.2. The summed E-state index contributed by atoms with van der Waals surface area (Å²) >= 11 is 0. The van der Waals surface area contributed by atoms with Crippen LogP contribution < -0.4 is 9.47 Å². The van der Waals surface area contributed by atoms with Gasteiger partial charge in [0.25, 0.3) is 0 Å². The molecule has 0 amide bonds. The average molecular weight is 404 g/mol. The van der Waals surface area contributed by atoms with Gasteiger partial charge in [0.15, 0.2) is 0 Å². The maximum absolute atomic E-state index is 12.5. The van der Waals surface area contributed by atoms with Crippen LogP contribution in [0.5, 0.6) is 11.5 Å². The van der Waals surface area contributed by atoms with Crippen LogP contribution in [0.25, 0.3) is 0 Å². The zero-order chi connectivity index (χ0) is 19.8. The van der Waals surface area contributed by atoms with Crippen LogP contribution in [0.3, 0.4) is 0 Å². The normalized spacial score (nSPS) is 19.8. The van der Waals surface area contributed by atoms with E-state index in [0.717, 1.165) is 16.7 Å². The van der Waals surface area contributed by atoms with Crippen LogP contribution in [-0.4, -0.2) is 28.1 Å². The molecule has 0 heterocycles. The predicted octanol–water partition coefficient (Wildman–Crippen LogP) is 3.89. The summed E-state index contributed by atoms with van der Waals surface area (Å²) < 4.78 is 75.2. The fourth-order valence-corrected chi connectivity index (χ4v) is 3.94. The smallest absolute Gasteiger partial charge is 0.497 e. The third-order valence-corrected chi connectivity index (χ3v) is 5.78. The number of fused-ring (bicyclic) bond motifs is 2. The molecule has 2 aliphatic rings. The van der Waals surface area contributed by atoms with E-state index in [1.165, 1.54) is 6.08 Å². The van der Waals surface area contributed by atoms with Gasteiger partial charge >= 0.3 is 15.6 Å². The van der Waals surface area contributed by atoms with Gasteiger partial charge in [0.1, 0.15) is 17.3 Å². The lowest BCUT2D eigenvalue weighted by molar-refractivity contribution is -0.0524. The Morgan fingerprint density at radius 3 is 2.52 bits per heavy atom. The first kappa shape index (κ1) is 19.6. The van der Waals surface area contributed by atoms with Gasteiger partial charge in [0.2, 0.25) is 0 Å². The van der Waals surface area contributed by atoms with Gasteiger partial charge in [-0.15, -0.1) is 0 Å². The molecule has 9 heteroatoms. The molecule has 5 nitrogen and oxygen atoms in total. The summed E-state index contributed by atoms with van der Waals surface area (Å²) in [5.41, 5.74) is -2.64. The molecular weight excluding hydrogens is 385 g/mol. The third kappa shape index (κ3) is 3.92. The molecule has 0 spiro atoms. The highest BCUT2D eigenvalue weighted by Crippen LogP contribution is 2.40. The van der Waals surface area contributed by atoms with E-state index >= 15 is 0 Å². The number of halogens is 3. The SMILES string of the molecule is COc1cc2c(c(OC)c1)CC=C1C=C(OS(=O)(=O)C(F)(F)F)CCC1C2. The topological polar surface area (TPSA) is 61.8 Å². The lowest BCUT2D eigenvalue weighted by atomic mass is 9.84. The van der Waals surface area contributed by atoms with Crippen molar-refractivity contribution in [3.8, 4) is 11.5 Å². The van der Waals surface area contributed by atoms with Crippen molar-refractivity contribution in [3.05, 3.63) is 46.7 Å². The quantitative estimate of drug-likeness (QED) is 0.563. The molecule has 1 unspecified atom stereocenters. The van der Waals surface area contributed by atoms with Gasteiger partial charge in [-0.05, 0) is 48.5 Å². The van der Waals surface area contributed by atoms with Crippen LogP contribution in [0.15, 0.2) is 35.6 Å². The van der Waals surface area contributed by atoms with Gasteiger partial charge in [-0.25, -0.2) is 0 Å². The highest BCUT2D eigenvalue weighted by molar-refractivity contribution is 7.87. The minimum atomic E-state index is -5.65. The molecule has 2 aliphatic carbocycles. The number of allylic oxidation sites excluding steroid dienone is 4. The van der Waals surface area contributed by atoms with Gasteiger partial charge < -0.3 is 13.7 Å². The minimum absolute atomic E-state index is 0.0593. The van der Waals surface area contributed by atoms with Crippen molar-refractivity contribution >= 4 is 10.1 Å². The molecule has 0 aliphatic heterocycles. The first-order valence-corrected chi connectivity index (χ1v) is 9.70. The lowest BCUT2D eigenvalue weighted by Gasteiger charge is -2.24. The van der Waals surface area contributed by atoms with Crippen LogP contribution in [0.2, 0.25) is 0 Å². The van der Waals surface area contributed by atoms with Crippen LogP contribution in [-0.2, 0) is 27.1 Å². The molecule has 3 rings (SSSR count). The number of rotatable bonds is 4. The summed E-state index contributed by atoms with van der Waals surface area (Å²) in [6, 6.07) is 3.71. The molecule has 1 atom stereocenters. The van der Waals surface area contributed by atoms with E-state index in [9.17, 15) is 21.6 Å². The van der Waals surface area contributed by atoms with E-state index in [1.807, 2.05) is 12.1 Å². The molecule has 1 aromatic rings. The number of hydrogen-bond donors (Lipinski definition) is 0. The Kier molecular flexibility index (Phi) is 5.16. The van der Waals surface area contributed by atoms with E-state index in [4.69, 9.17) is 9.47 Å². The van der Waals surface area contributed by atoms with E-state index in [1.54, 1.807) is 20.3 Å². The Morgan fingerprint density at radius 2 is 1.89 bits per heavy atom. The molecule has 148 valence electrons. The molecular formula is C18H19F3O5S. The molecule has 0 saturated carbocycles. The number of alkyl halides is 3. The lowest BCUT2D eigenvalue weighted by Crippen LogP contribution is -2.26. The van der Waals surface area contributed by atoms with Gasteiger partial charge in [-0.3, -0.25) is 0 Å². The number of methoxy groups -OCH3 is 2. The van der Waals surface area contributed by atoms with E-state index < -0.39 is 15.6 Å². The molecule has 0 N–H and O–H groups in total. The largest absolute Gasteiger partial charge is 0.534 e. The van der Waals surface area contributed by atoms with Crippen molar-refractivity contribution in [2.75, 3.05) is 14.2 Å². The van der Waals surface area contributed by atoms with Crippen molar-refractivity contribution in [1.82, 2.24) is 0 Å². The second-order valence-corrected chi connectivity index (χ2v) is 7.95. The van der Waals surface area contributed by atoms with Gasteiger partial charge in [-0.1, -0.05) is 6.08 Å². The zero-order valence-electron chi connectivity index (χ0n) is 14.8. The van der Waals surface area contributed by atoms with E-state index in [2.05, 4.69) is 4.18 Å². The van der Waals surface area contributed by atoms with Crippen molar-refractivity contribution in [2.45, 2.75) is 31.2 Å². The van der Waals surface area contributed by atoms with E-state index in [0.29, 0.717) is 30.8 Å². The maximum Gasteiger partial charge on any atom is 0.534 e. The Labute approximate surface area is 155 Å². The first-order chi connectivity index (χ1) is 12.6. The predicted molar refractivity (Wildman–Crippen MR) is 91.9 cm³/mol. The third-order valence-electron chi connectivity index (χ3n) is 4.78. The van der Waals surface area contributed by atoms with E-state index in [-0.39, 0.29) is 18.1 Å². The molecule has 0 aromatic heterocycles. The Hall–Kier alpha value is -2.16. The van der Waals surface area contributed by atoms with Crippen molar-refractivity contribution in [2.24, 2.45) is 5.92 Å². The summed E-state index contributed by atoms with van der Waals surface area (Å²) in [6.45, 7) is 0. The summed E-state index contributed by atoms with van der Waals surface area (Å²) in [4.78, 5) is 0. The summed E-state index contributed by atoms with van der Waals surface area (Å²) in [7, 11) is -2.52. The van der Waals surface area contributed by atoms with Gasteiger partial charge in [0.05, 0.1) is 14.2 Å². The molecule has 0 fully saturated rings. The van der Waals surface area contributed by atoms with Crippen LogP contribution in [0, 0.1) is 5.92 Å². The second-order valence-electron chi connectivity index (χ2n) is 6.41. The van der Waals surface area contributed by atoms with Crippen molar-refractivity contribution in [3.63, 3.8) is 0 Å². The maximum atomic E-state index is 12.5. The number of benzene rings is 1. The molecule has 27 heavy (non-hydrogen) atoms. The minimum Gasteiger partial charge on any atom is -0.497 e. The average Bonchev–Trinajstić information content (AvgIpc) is 2.78. The summed E-state index contributed by atoms with van der Waals surface area (Å²) in [5.74, 6) is 1.22. The fourth-order valence-electron chi connectivity index (χ4n) is 3.43. The van der Waals surface area contributed by atoms with Crippen molar-refractivity contribution in [1.29, 1.82) is 0 Å². The standard InChI is InChI=1S/C18H19F3O5S/c1-24-15-9-13-7-11-3-5-14(26-27(22,23)18(19,20)21)8-12(11)4-6-16(13)17(10-15)25-2/h4,8-11H,3,5-7H2,1-2H3. The zero-order valence-corrected chi connectivity index (χ0v) is 15.6. The molecule has 0 radical (unpaired) electrons. The monoisotopic (exact) mass is 404 g/mol. The summed E-state index contributed by atoms with van der Waals surface area (Å²) in [6.07, 6.45) is 5.08. The molecule has 1 aromatic carbocycles.